The van der Waals surface area contributed by atoms with Gasteiger partial charge in [0, 0.05) is 18.4 Å². The molecule has 1 aliphatic rings. The number of sulfonamides is 1. The number of rotatable bonds is 3. The molecule has 0 spiro atoms. The van der Waals surface area contributed by atoms with E-state index in [1.165, 1.54) is 18.5 Å². The summed E-state index contributed by atoms with van der Waals surface area (Å²) in [5, 5.41) is 8.91. The van der Waals surface area contributed by atoms with Gasteiger partial charge in [0.05, 0.1) is 12.0 Å². The molecule has 1 aliphatic carbocycles. The zero-order chi connectivity index (χ0) is 12.3. The molecule has 1 aromatic rings. The van der Waals surface area contributed by atoms with Crippen molar-refractivity contribution in [2.24, 2.45) is 5.92 Å². The molecule has 90 valence electrons. The van der Waals surface area contributed by atoms with Crippen LogP contribution in [0.5, 0.6) is 0 Å². The molecule has 0 aromatic carbocycles. The van der Waals surface area contributed by atoms with Crippen LogP contribution in [0.1, 0.15) is 19.3 Å². The molecule has 2 unspecified atom stereocenters. The Labute approximate surface area is 101 Å². The van der Waals surface area contributed by atoms with Crippen molar-refractivity contribution in [2.45, 2.75) is 30.2 Å². The predicted molar refractivity (Wildman–Crippen MR) is 61.3 cm³/mol. The molecule has 5 nitrogen and oxygen atoms in total. The van der Waals surface area contributed by atoms with Crippen LogP contribution in [0, 0.1) is 17.2 Å². The molecule has 2 rings (SSSR count). The predicted octanol–water partition coefficient (Wildman–Crippen LogP) is 1.05. The minimum Gasteiger partial charge on any atom is -0.263 e. The van der Waals surface area contributed by atoms with Crippen LogP contribution in [0.3, 0.4) is 0 Å². The van der Waals surface area contributed by atoms with Gasteiger partial charge in [-0.15, -0.1) is 0 Å². The van der Waals surface area contributed by atoms with Gasteiger partial charge >= 0.3 is 0 Å². The van der Waals surface area contributed by atoms with Crippen molar-refractivity contribution in [1.29, 1.82) is 5.26 Å². The van der Waals surface area contributed by atoms with Gasteiger partial charge in [-0.05, 0) is 25.0 Å². The van der Waals surface area contributed by atoms with E-state index in [0.717, 1.165) is 19.3 Å². The van der Waals surface area contributed by atoms with Crippen molar-refractivity contribution < 1.29 is 8.42 Å². The quantitative estimate of drug-likeness (QED) is 0.870. The lowest BCUT2D eigenvalue weighted by Gasteiger charge is -2.15. The summed E-state index contributed by atoms with van der Waals surface area (Å²) < 4.78 is 26.6. The molecule has 0 radical (unpaired) electrons. The SMILES string of the molecule is N#CC1CCCC1NS(=O)(=O)c1cccnc1. The molecular weight excluding hydrogens is 238 g/mol. The normalized spacial score (nSPS) is 24.4. The maximum absolute atomic E-state index is 12.0. The number of aromatic nitrogens is 1. The Bertz CT molecular complexity index is 521. The van der Waals surface area contributed by atoms with E-state index in [9.17, 15) is 8.42 Å². The van der Waals surface area contributed by atoms with E-state index in [0.29, 0.717) is 0 Å². The fourth-order valence-corrected chi connectivity index (χ4v) is 3.30. The third kappa shape index (κ3) is 2.62. The molecule has 1 heterocycles. The highest BCUT2D eigenvalue weighted by atomic mass is 32.2. The summed E-state index contributed by atoms with van der Waals surface area (Å²) in [7, 11) is -3.55. The summed E-state index contributed by atoms with van der Waals surface area (Å²) in [6.45, 7) is 0. The minimum absolute atomic E-state index is 0.142. The smallest absolute Gasteiger partial charge is 0.242 e. The molecule has 6 heteroatoms. The van der Waals surface area contributed by atoms with E-state index in [2.05, 4.69) is 15.8 Å². The van der Waals surface area contributed by atoms with Crippen molar-refractivity contribution in [3.63, 3.8) is 0 Å². The largest absolute Gasteiger partial charge is 0.263 e. The third-order valence-electron chi connectivity index (χ3n) is 2.93. The highest BCUT2D eigenvalue weighted by Crippen LogP contribution is 2.26. The molecular formula is C11H13N3O2S. The number of nitriles is 1. The second-order valence-electron chi connectivity index (χ2n) is 4.08. The van der Waals surface area contributed by atoms with Gasteiger partial charge in [0.2, 0.25) is 10.0 Å². The monoisotopic (exact) mass is 251 g/mol. The lowest BCUT2D eigenvalue weighted by molar-refractivity contribution is 0.515. The van der Waals surface area contributed by atoms with Gasteiger partial charge in [-0.2, -0.15) is 5.26 Å². The van der Waals surface area contributed by atoms with Crippen LogP contribution in [0.25, 0.3) is 0 Å². The van der Waals surface area contributed by atoms with Gasteiger partial charge < -0.3 is 0 Å². The standard InChI is InChI=1S/C11H13N3O2S/c12-7-9-3-1-5-11(9)14-17(15,16)10-4-2-6-13-8-10/h2,4,6,8-9,11,14H,1,3,5H2. The van der Waals surface area contributed by atoms with E-state index in [1.807, 2.05) is 0 Å². The maximum atomic E-state index is 12.0. The number of hydrogen-bond acceptors (Lipinski definition) is 4. The van der Waals surface area contributed by atoms with E-state index in [-0.39, 0.29) is 16.9 Å². The van der Waals surface area contributed by atoms with Crippen LogP contribution in [0.4, 0.5) is 0 Å². The fraction of sp³-hybridized carbons (Fsp3) is 0.455. The zero-order valence-corrected chi connectivity index (χ0v) is 10.0. The lowest BCUT2D eigenvalue weighted by atomic mass is 10.1. The van der Waals surface area contributed by atoms with Crippen molar-refractivity contribution in [3.8, 4) is 6.07 Å². The Morgan fingerprint density at radius 1 is 1.47 bits per heavy atom. The number of nitrogens with one attached hydrogen (secondary N) is 1. The molecule has 1 fully saturated rings. The molecule has 0 aliphatic heterocycles. The topological polar surface area (TPSA) is 82.9 Å². The Kier molecular flexibility index (Phi) is 3.41. The van der Waals surface area contributed by atoms with Gasteiger partial charge in [0.25, 0.3) is 0 Å². The molecule has 17 heavy (non-hydrogen) atoms. The van der Waals surface area contributed by atoms with Crippen LogP contribution in [0.15, 0.2) is 29.4 Å². The van der Waals surface area contributed by atoms with Crippen LogP contribution in [-0.2, 0) is 10.0 Å². The Morgan fingerprint density at radius 2 is 2.29 bits per heavy atom. The third-order valence-corrected chi connectivity index (χ3v) is 4.41. The Balaban J connectivity index is 2.16. The molecule has 1 saturated carbocycles. The molecule has 1 N–H and O–H groups in total. The second kappa shape index (κ2) is 4.82. The average Bonchev–Trinajstić information content (AvgIpc) is 2.77. The van der Waals surface area contributed by atoms with Gasteiger partial charge in [-0.1, -0.05) is 6.42 Å². The molecule has 0 amide bonds. The van der Waals surface area contributed by atoms with Crippen LogP contribution < -0.4 is 4.72 Å². The number of hydrogen-bond donors (Lipinski definition) is 1. The highest BCUT2D eigenvalue weighted by molar-refractivity contribution is 7.89. The summed E-state index contributed by atoms with van der Waals surface area (Å²) in [4.78, 5) is 3.92. The van der Waals surface area contributed by atoms with Gasteiger partial charge in [-0.25, -0.2) is 13.1 Å². The van der Waals surface area contributed by atoms with Gasteiger partial charge in [0.15, 0.2) is 0 Å². The van der Waals surface area contributed by atoms with E-state index in [1.54, 1.807) is 6.07 Å². The summed E-state index contributed by atoms with van der Waals surface area (Å²) in [5.41, 5.74) is 0. The second-order valence-corrected chi connectivity index (χ2v) is 5.80. The van der Waals surface area contributed by atoms with Crippen LogP contribution in [-0.4, -0.2) is 19.4 Å². The van der Waals surface area contributed by atoms with Gasteiger partial charge in [0.1, 0.15) is 4.90 Å². The van der Waals surface area contributed by atoms with E-state index < -0.39 is 10.0 Å². The summed E-state index contributed by atoms with van der Waals surface area (Å²) in [6.07, 6.45) is 5.19. The number of nitrogens with zero attached hydrogens (tertiary/aromatic N) is 2. The van der Waals surface area contributed by atoms with Crippen molar-refractivity contribution in [1.82, 2.24) is 9.71 Å². The highest BCUT2D eigenvalue weighted by Gasteiger charge is 2.31. The molecule has 0 saturated heterocycles. The lowest BCUT2D eigenvalue weighted by Crippen LogP contribution is -2.36. The summed E-state index contributed by atoms with van der Waals surface area (Å²) >= 11 is 0. The van der Waals surface area contributed by atoms with Crippen LogP contribution >= 0.6 is 0 Å². The van der Waals surface area contributed by atoms with E-state index >= 15 is 0 Å². The molecule has 0 bridgehead atoms. The summed E-state index contributed by atoms with van der Waals surface area (Å²) in [6, 6.07) is 4.94. The molecule has 1 aromatic heterocycles. The number of pyridine rings is 1. The first-order valence-electron chi connectivity index (χ1n) is 5.45. The first-order valence-corrected chi connectivity index (χ1v) is 6.94. The Hall–Kier alpha value is -1.45. The average molecular weight is 251 g/mol. The maximum Gasteiger partial charge on any atom is 0.242 e. The van der Waals surface area contributed by atoms with Crippen LogP contribution in [0.2, 0.25) is 0 Å². The van der Waals surface area contributed by atoms with Gasteiger partial charge in [-0.3, -0.25) is 4.98 Å². The zero-order valence-electron chi connectivity index (χ0n) is 9.20. The van der Waals surface area contributed by atoms with Crippen molar-refractivity contribution in [2.75, 3.05) is 0 Å². The van der Waals surface area contributed by atoms with Crippen molar-refractivity contribution >= 4 is 10.0 Å². The Morgan fingerprint density at radius 3 is 2.94 bits per heavy atom. The van der Waals surface area contributed by atoms with Crippen molar-refractivity contribution in [3.05, 3.63) is 24.5 Å². The summed E-state index contributed by atoms with van der Waals surface area (Å²) in [5.74, 6) is -0.221. The first-order chi connectivity index (χ1) is 8.13. The first kappa shape index (κ1) is 12.0. The van der Waals surface area contributed by atoms with E-state index in [4.69, 9.17) is 5.26 Å². The minimum atomic E-state index is -3.55. The fourth-order valence-electron chi connectivity index (χ4n) is 2.03. The molecule has 2 atom stereocenters.